The first kappa shape index (κ1) is 24.4. The molecule has 0 aliphatic carbocycles. The number of halogens is 3. The molecule has 1 amide bonds. The van der Waals surface area contributed by atoms with Crippen LogP contribution in [-0.4, -0.2) is 31.2 Å². The van der Waals surface area contributed by atoms with E-state index >= 15 is 0 Å². The molecule has 1 aliphatic rings. The summed E-state index contributed by atoms with van der Waals surface area (Å²) in [5, 5.41) is 0.450. The van der Waals surface area contributed by atoms with Crippen LogP contribution in [0.5, 0.6) is 0 Å². The van der Waals surface area contributed by atoms with Crippen molar-refractivity contribution in [2.45, 2.75) is 30.8 Å². The number of rotatable bonds is 6. The number of hydrogen-bond donors (Lipinski definition) is 0. The van der Waals surface area contributed by atoms with E-state index < -0.39 is 10.0 Å². The second kappa shape index (κ2) is 9.88. The molecule has 9 heteroatoms. The predicted molar refractivity (Wildman–Crippen MR) is 138 cm³/mol. The first-order valence-corrected chi connectivity index (χ1v) is 13.7. The Labute approximate surface area is 215 Å². The zero-order valence-corrected chi connectivity index (χ0v) is 22.5. The molecule has 3 aromatic carbocycles. The van der Waals surface area contributed by atoms with Crippen LogP contribution >= 0.6 is 43.5 Å². The van der Waals surface area contributed by atoms with Gasteiger partial charge >= 0.3 is 0 Å². The highest BCUT2D eigenvalue weighted by Gasteiger charge is 2.35. The van der Waals surface area contributed by atoms with E-state index in [-0.39, 0.29) is 29.9 Å². The van der Waals surface area contributed by atoms with Gasteiger partial charge in [0.25, 0.3) is 0 Å². The minimum Gasteiger partial charge on any atom is -0.308 e. The summed E-state index contributed by atoms with van der Waals surface area (Å²) in [6, 6.07) is 19.1. The second-order valence-electron chi connectivity index (χ2n) is 7.91. The first-order valence-electron chi connectivity index (χ1n) is 10.3. The van der Waals surface area contributed by atoms with Gasteiger partial charge in [-0.25, -0.2) is 8.42 Å². The predicted octanol–water partition coefficient (Wildman–Crippen LogP) is 6.03. The lowest BCUT2D eigenvalue weighted by atomic mass is 10.1. The molecular weight excluding hydrogens is 592 g/mol. The van der Waals surface area contributed by atoms with Crippen LogP contribution in [-0.2, 0) is 27.8 Å². The van der Waals surface area contributed by atoms with Crippen LogP contribution in [0.4, 0.5) is 5.69 Å². The van der Waals surface area contributed by atoms with Gasteiger partial charge in [-0.1, -0.05) is 61.7 Å². The first-order chi connectivity index (χ1) is 15.7. The molecule has 0 saturated carbocycles. The number of amides is 1. The summed E-state index contributed by atoms with van der Waals surface area (Å²) in [6.45, 7) is 1.65. The third-order valence-corrected chi connectivity index (χ3v) is 8.79. The normalized spacial score (nSPS) is 15.7. The van der Waals surface area contributed by atoms with Crippen molar-refractivity contribution in [3.05, 3.63) is 91.8 Å². The number of hydrogen-bond acceptors (Lipinski definition) is 3. The smallest absolute Gasteiger partial charge is 0.243 e. The fraction of sp³-hybridized carbons (Fsp3) is 0.208. The molecule has 172 valence electrons. The molecule has 0 saturated heterocycles. The van der Waals surface area contributed by atoms with Gasteiger partial charge in [0.1, 0.15) is 0 Å². The molecule has 0 N–H and O–H groups in total. The number of carbonyl (C=O) groups is 1. The number of anilines is 1. The third-order valence-electron chi connectivity index (χ3n) is 5.59. The van der Waals surface area contributed by atoms with Crippen molar-refractivity contribution < 1.29 is 13.2 Å². The fourth-order valence-corrected chi connectivity index (χ4v) is 6.24. The van der Waals surface area contributed by atoms with Crippen molar-refractivity contribution >= 4 is 65.1 Å². The van der Waals surface area contributed by atoms with Crippen LogP contribution in [0.15, 0.2) is 80.6 Å². The molecule has 0 spiro atoms. The Bertz CT molecular complexity index is 1300. The monoisotopic (exact) mass is 610 g/mol. The van der Waals surface area contributed by atoms with Crippen molar-refractivity contribution in [2.24, 2.45) is 0 Å². The van der Waals surface area contributed by atoms with E-state index in [9.17, 15) is 13.2 Å². The minimum absolute atomic E-state index is 0.0147. The molecule has 0 aromatic heterocycles. The molecule has 1 heterocycles. The Morgan fingerprint density at radius 2 is 1.73 bits per heavy atom. The van der Waals surface area contributed by atoms with Crippen molar-refractivity contribution in [1.29, 1.82) is 0 Å². The summed E-state index contributed by atoms with van der Waals surface area (Å²) >= 11 is 13.1. The third kappa shape index (κ3) is 5.20. The van der Waals surface area contributed by atoms with Gasteiger partial charge in [0.15, 0.2) is 0 Å². The van der Waals surface area contributed by atoms with E-state index in [0.717, 1.165) is 20.2 Å². The topological polar surface area (TPSA) is 57.7 Å². The highest BCUT2D eigenvalue weighted by molar-refractivity contribution is 9.10. The van der Waals surface area contributed by atoms with Gasteiger partial charge in [0.2, 0.25) is 15.9 Å². The van der Waals surface area contributed by atoms with Crippen LogP contribution in [0.1, 0.15) is 18.1 Å². The maximum absolute atomic E-state index is 13.6. The van der Waals surface area contributed by atoms with Gasteiger partial charge in [-0.15, -0.1) is 0 Å². The quantitative estimate of drug-likeness (QED) is 0.342. The molecule has 0 unspecified atom stereocenters. The lowest BCUT2D eigenvalue weighted by Crippen LogP contribution is -2.44. The lowest BCUT2D eigenvalue weighted by molar-refractivity contribution is -0.119. The summed E-state index contributed by atoms with van der Waals surface area (Å²) < 4.78 is 30.1. The molecule has 0 bridgehead atoms. The second-order valence-corrected chi connectivity index (χ2v) is 12.1. The summed E-state index contributed by atoms with van der Waals surface area (Å²) in [5.41, 5.74) is 2.50. The molecule has 0 fully saturated rings. The number of nitrogens with zero attached hydrogens (tertiary/aromatic N) is 2. The van der Waals surface area contributed by atoms with Crippen LogP contribution in [0.25, 0.3) is 0 Å². The number of fused-ring (bicyclic) bond motifs is 1. The average Bonchev–Trinajstić information content (AvgIpc) is 3.09. The molecular formula is C24H21Br2ClN2O3S. The maximum atomic E-state index is 13.6. The summed E-state index contributed by atoms with van der Waals surface area (Å²) in [7, 11) is -3.96. The van der Waals surface area contributed by atoms with Crippen molar-refractivity contribution in [1.82, 2.24) is 4.31 Å². The Kier molecular flexibility index (Phi) is 7.31. The van der Waals surface area contributed by atoms with Crippen LogP contribution in [0.3, 0.4) is 0 Å². The lowest BCUT2D eigenvalue weighted by Gasteiger charge is -2.28. The van der Waals surface area contributed by atoms with Crippen LogP contribution in [0.2, 0.25) is 5.02 Å². The van der Waals surface area contributed by atoms with Crippen molar-refractivity contribution in [3.8, 4) is 0 Å². The summed E-state index contributed by atoms with van der Waals surface area (Å²) in [6.07, 6.45) is 0.713. The molecule has 1 aliphatic heterocycles. The van der Waals surface area contributed by atoms with E-state index in [0.29, 0.717) is 17.0 Å². The van der Waals surface area contributed by atoms with E-state index in [1.807, 2.05) is 25.1 Å². The summed E-state index contributed by atoms with van der Waals surface area (Å²) in [5.74, 6) is -0.281. The van der Waals surface area contributed by atoms with Crippen molar-refractivity contribution in [2.75, 3.05) is 11.4 Å². The van der Waals surface area contributed by atoms with Gasteiger partial charge in [-0.2, -0.15) is 4.31 Å². The van der Waals surface area contributed by atoms with Crippen LogP contribution < -0.4 is 4.90 Å². The summed E-state index contributed by atoms with van der Waals surface area (Å²) in [4.78, 5) is 15.3. The Morgan fingerprint density at radius 3 is 2.42 bits per heavy atom. The maximum Gasteiger partial charge on any atom is 0.243 e. The zero-order valence-electron chi connectivity index (χ0n) is 17.7. The zero-order chi connectivity index (χ0) is 23.8. The minimum atomic E-state index is -3.96. The Balaban J connectivity index is 1.69. The van der Waals surface area contributed by atoms with Gasteiger partial charge in [0, 0.05) is 32.2 Å². The molecule has 0 radical (unpaired) electrons. The number of carbonyl (C=O) groups excluding carboxylic acids is 1. The molecule has 5 nitrogen and oxygen atoms in total. The average molecular weight is 613 g/mol. The van der Waals surface area contributed by atoms with E-state index in [1.165, 1.54) is 16.4 Å². The molecule has 1 atom stereocenters. The van der Waals surface area contributed by atoms with Crippen molar-refractivity contribution in [3.63, 3.8) is 0 Å². The molecule has 33 heavy (non-hydrogen) atoms. The van der Waals surface area contributed by atoms with E-state index in [4.69, 9.17) is 11.6 Å². The van der Waals surface area contributed by atoms with Gasteiger partial charge < -0.3 is 4.90 Å². The van der Waals surface area contributed by atoms with Gasteiger partial charge in [-0.05, 0) is 73.0 Å². The molecule has 4 rings (SSSR count). The van der Waals surface area contributed by atoms with Gasteiger partial charge in [0.05, 0.1) is 11.4 Å². The Morgan fingerprint density at radius 1 is 1.06 bits per heavy atom. The SMILES string of the molecule is C[C@@H]1Cc2cc(Br)ccc2N1C(=O)CN(Cc1ccccc1Cl)S(=O)(=O)c1ccc(Br)cc1. The van der Waals surface area contributed by atoms with Crippen LogP contribution in [0, 0.1) is 0 Å². The standard InChI is InChI=1S/C24H21Br2ClN2O3S/c1-16-12-18-13-20(26)8-11-23(18)29(16)24(30)15-28(14-17-4-2-3-5-22(17)27)33(31,32)21-9-6-19(25)7-10-21/h2-11,13,16H,12,14-15H2,1H3/t16-/m1/s1. The largest absolute Gasteiger partial charge is 0.308 e. The number of benzene rings is 3. The van der Waals surface area contributed by atoms with Gasteiger partial charge in [-0.3, -0.25) is 4.79 Å². The number of sulfonamides is 1. The highest BCUT2D eigenvalue weighted by atomic mass is 79.9. The Hall–Kier alpha value is -1.71. The highest BCUT2D eigenvalue weighted by Crippen LogP contribution is 2.34. The molecule has 3 aromatic rings. The van der Waals surface area contributed by atoms with E-state index in [1.54, 1.807) is 41.3 Å². The fourth-order valence-electron chi connectivity index (χ4n) is 4.00. The van der Waals surface area contributed by atoms with E-state index in [2.05, 4.69) is 31.9 Å².